The minimum atomic E-state index is -0.0204. The van der Waals surface area contributed by atoms with Crippen LogP contribution in [0.2, 0.25) is 0 Å². The molecule has 3 rings (SSSR count). The van der Waals surface area contributed by atoms with Crippen molar-refractivity contribution in [2.45, 2.75) is 38.6 Å². The van der Waals surface area contributed by atoms with Crippen molar-refractivity contribution in [1.82, 2.24) is 10.2 Å². The highest BCUT2D eigenvalue weighted by molar-refractivity contribution is 5.93. The van der Waals surface area contributed by atoms with Gasteiger partial charge < -0.3 is 10.2 Å². The molecule has 4 nitrogen and oxygen atoms in total. The number of hydrogen-bond donors (Lipinski definition) is 1. The van der Waals surface area contributed by atoms with E-state index in [2.05, 4.69) is 23.5 Å². The number of fused-ring (bicyclic) bond motifs is 1. The van der Waals surface area contributed by atoms with Crippen molar-refractivity contribution in [3.8, 4) is 0 Å². The largest absolute Gasteiger partial charge is 0.352 e. The molecule has 1 aliphatic rings. The summed E-state index contributed by atoms with van der Waals surface area (Å²) in [5, 5.41) is 2.96. The molecular formula is C22H26N2O2. The van der Waals surface area contributed by atoms with Gasteiger partial charge in [0.25, 0.3) is 5.91 Å². The van der Waals surface area contributed by atoms with Crippen LogP contribution in [-0.2, 0) is 30.6 Å². The number of nitrogens with zero attached hydrogens (tertiary/aromatic N) is 1. The van der Waals surface area contributed by atoms with E-state index in [1.807, 2.05) is 12.1 Å². The molecule has 136 valence electrons. The molecule has 0 fully saturated rings. The van der Waals surface area contributed by atoms with Gasteiger partial charge in [0.1, 0.15) is 0 Å². The normalized spacial score (nSPS) is 13.0. The summed E-state index contributed by atoms with van der Waals surface area (Å²) in [6.07, 6.45) is 5.21. The number of hydrogen-bond acceptors (Lipinski definition) is 2. The summed E-state index contributed by atoms with van der Waals surface area (Å²) in [5.41, 5.74) is 5.56. The van der Waals surface area contributed by atoms with Crippen LogP contribution in [0.15, 0.2) is 42.5 Å². The molecule has 26 heavy (non-hydrogen) atoms. The predicted octanol–water partition coefficient (Wildman–Crippen LogP) is 3.13. The molecular weight excluding hydrogens is 324 g/mol. The standard InChI is InChI=1S/C22H26N2O2/c1-24(2)22(26)19-11-7-16(8-12-19)15-23-21(25)14-17-9-10-18-5-3-4-6-20(18)13-17/h7-13H,3-6,14-15H2,1-2H3,(H,23,25). The maximum absolute atomic E-state index is 12.2. The Labute approximate surface area is 155 Å². The monoisotopic (exact) mass is 350 g/mol. The first-order valence-corrected chi connectivity index (χ1v) is 9.21. The fourth-order valence-corrected chi connectivity index (χ4v) is 3.37. The lowest BCUT2D eigenvalue weighted by Gasteiger charge is -2.16. The Bertz CT molecular complexity index is 794. The van der Waals surface area contributed by atoms with Gasteiger partial charge in [-0.05, 0) is 60.1 Å². The first kappa shape index (κ1) is 18.2. The van der Waals surface area contributed by atoms with Gasteiger partial charge in [0, 0.05) is 26.2 Å². The zero-order valence-corrected chi connectivity index (χ0v) is 15.5. The van der Waals surface area contributed by atoms with Crippen LogP contribution in [-0.4, -0.2) is 30.8 Å². The van der Waals surface area contributed by atoms with E-state index in [0.29, 0.717) is 18.5 Å². The maximum atomic E-state index is 12.2. The lowest BCUT2D eigenvalue weighted by molar-refractivity contribution is -0.120. The fraction of sp³-hybridized carbons (Fsp3) is 0.364. The number of carbonyl (C=O) groups is 2. The third-order valence-electron chi connectivity index (χ3n) is 4.87. The van der Waals surface area contributed by atoms with Crippen LogP contribution in [0, 0.1) is 0 Å². The van der Waals surface area contributed by atoms with Gasteiger partial charge in [0.05, 0.1) is 6.42 Å². The lowest BCUT2D eigenvalue weighted by Crippen LogP contribution is -2.25. The zero-order chi connectivity index (χ0) is 18.5. The van der Waals surface area contributed by atoms with E-state index < -0.39 is 0 Å². The fourth-order valence-electron chi connectivity index (χ4n) is 3.37. The van der Waals surface area contributed by atoms with Crippen LogP contribution >= 0.6 is 0 Å². The molecule has 0 aliphatic heterocycles. The maximum Gasteiger partial charge on any atom is 0.253 e. The Morgan fingerprint density at radius 1 is 0.923 bits per heavy atom. The molecule has 0 heterocycles. The van der Waals surface area contributed by atoms with E-state index in [-0.39, 0.29) is 11.8 Å². The number of benzene rings is 2. The van der Waals surface area contributed by atoms with Crippen molar-refractivity contribution >= 4 is 11.8 Å². The molecule has 2 aromatic rings. The molecule has 0 spiro atoms. The summed E-state index contributed by atoms with van der Waals surface area (Å²) in [7, 11) is 3.47. The molecule has 4 heteroatoms. The Kier molecular flexibility index (Phi) is 5.71. The Morgan fingerprint density at radius 3 is 2.27 bits per heavy atom. The molecule has 2 amide bonds. The highest BCUT2D eigenvalue weighted by Gasteiger charge is 2.11. The summed E-state index contributed by atoms with van der Waals surface area (Å²) in [6.45, 7) is 0.472. The Balaban J connectivity index is 1.53. The summed E-state index contributed by atoms with van der Waals surface area (Å²) in [6, 6.07) is 13.8. The Hall–Kier alpha value is -2.62. The van der Waals surface area contributed by atoms with Gasteiger partial charge in [-0.15, -0.1) is 0 Å². The second kappa shape index (κ2) is 8.17. The molecule has 2 aromatic carbocycles. The van der Waals surface area contributed by atoms with Crippen LogP contribution in [0.5, 0.6) is 0 Å². The van der Waals surface area contributed by atoms with Crippen LogP contribution < -0.4 is 5.32 Å². The van der Waals surface area contributed by atoms with Crippen LogP contribution in [0.1, 0.15) is 45.5 Å². The minimum Gasteiger partial charge on any atom is -0.352 e. The van der Waals surface area contributed by atoms with Crippen molar-refractivity contribution in [1.29, 1.82) is 0 Å². The summed E-state index contributed by atoms with van der Waals surface area (Å²) in [5.74, 6) is 0.00204. The van der Waals surface area contributed by atoms with Crippen molar-refractivity contribution < 1.29 is 9.59 Å². The summed E-state index contributed by atoms with van der Waals surface area (Å²) >= 11 is 0. The number of carbonyl (C=O) groups excluding carboxylic acids is 2. The average molecular weight is 350 g/mol. The van der Waals surface area contributed by atoms with E-state index in [0.717, 1.165) is 24.0 Å². The summed E-state index contributed by atoms with van der Waals surface area (Å²) in [4.78, 5) is 25.7. The second-order valence-corrected chi connectivity index (χ2v) is 7.16. The van der Waals surface area contributed by atoms with Crippen molar-refractivity contribution in [2.24, 2.45) is 0 Å². The lowest BCUT2D eigenvalue weighted by atomic mass is 9.90. The van der Waals surface area contributed by atoms with E-state index in [4.69, 9.17) is 0 Å². The number of aryl methyl sites for hydroxylation is 2. The third kappa shape index (κ3) is 4.51. The quantitative estimate of drug-likeness (QED) is 0.901. The van der Waals surface area contributed by atoms with E-state index in [1.54, 1.807) is 31.1 Å². The number of amides is 2. The van der Waals surface area contributed by atoms with Gasteiger partial charge in [0.2, 0.25) is 5.91 Å². The van der Waals surface area contributed by atoms with Gasteiger partial charge in [-0.1, -0.05) is 30.3 Å². The van der Waals surface area contributed by atoms with Crippen molar-refractivity contribution in [3.63, 3.8) is 0 Å². The van der Waals surface area contributed by atoms with Crippen molar-refractivity contribution in [3.05, 3.63) is 70.3 Å². The highest BCUT2D eigenvalue weighted by Crippen LogP contribution is 2.22. The molecule has 0 bridgehead atoms. The van der Waals surface area contributed by atoms with Crippen LogP contribution in [0.4, 0.5) is 0 Å². The second-order valence-electron chi connectivity index (χ2n) is 7.16. The highest BCUT2D eigenvalue weighted by atomic mass is 16.2. The average Bonchev–Trinajstić information content (AvgIpc) is 2.66. The first-order chi connectivity index (χ1) is 12.5. The predicted molar refractivity (Wildman–Crippen MR) is 103 cm³/mol. The molecule has 0 atom stereocenters. The smallest absolute Gasteiger partial charge is 0.253 e. The van der Waals surface area contributed by atoms with Gasteiger partial charge in [-0.2, -0.15) is 0 Å². The zero-order valence-electron chi connectivity index (χ0n) is 15.5. The molecule has 1 N–H and O–H groups in total. The molecule has 0 unspecified atom stereocenters. The van der Waals surface area contributed by atoms with Gasteiger partial charge in [0.15, 0.2) is 0 Å². The topological polar surface area (TPSA) is 49.4 Å². The summed E-state index contributed by atoms with van der Waals surface area (Å²) < 4.78 is 0. The molecule has 0 aromatic heterocycles. The van der Waals surface area contributed by atoms with E-state index >= 15 is 0 Å². The molecule has 0 radical (unpaired) electrons. The molecule has 0 saturated heterocycles. The molecule has 1 aliphatic carbocycles. The first-order valence-electron chi connectivity index (χ1n) is 9.21. The van der Waals surface area contributed by atoms with Crippen molar-refractivity contribution in [2.75, 3.05) is 14.1 Å². The van der Waals surface area contributed by atoms with Gasteiger partial charge in [-0.3, -0.25) is 9.59 Å². The Morgan fingerprint density at radius 2 is 1.58 bits per heavy atom. The third-order valence-corrected chi connectivity index (χ3v) is 4.87. The number of nitrogens with one attached hydrogen (secondary N) is 1. The van der Waals surface area contributed by atoms with E-state index in [1.165, 1.54) is 24.0 Å². The molecule has 0 saturated carbocycles. The van der Waals surface area contributed by atoms with E-state index in [9.17, 15) is 9.59 Å². The van der Waals surface area contributed by atoms with Crippen LogP contribution in [0.25, 0.3) is 0 Å². The number of rotatable bonds is 5. The van der Waals surface area contributed by atoms with Gasteiger partial charge in [-0.25, -0.2) is 0 Å². The SMILES string of the molecule is CN(C)C(=O)c1ccc(CNC(=O)Cc2ccc3c(c2)CCCC3)cc1. The van der Waals surface area contributed by atoms with Gasteiger partial charge >= 0.3 is 0 Å². The minimum absolute atomic E-state index is 0.0204. The van der Waals surface area contributed by atoms with Crippen LogP contribution in [0.3, 0.4) is 0 Å².